The van der Waals surface area contributed by atoms with E-state index in [1.807, 2.05) is 0 Å². The topological polar surface area (TPSA) is 44.0 Å². The smallest absolute Gasteiger partial charge is 0.0987 e. The molecule has 0 bridgehead atoms. The van der Waals surface area contributed by atoms with E-state index in [9.17, 15) is 10.4 Å². The molecule has 1 N–H and O–H groups in total. The summed E-state index contributed by atoms with van der Waals surface area (Å²) in [7, 11) is 0. The van der Waals surface area contributed by atoms with Crippen LogP contribution in [0, 0.1) is 22.7 Å². The van der Waals surface area contributed by atoms with Crippen molar-refractivity contribution in [2.75, 3.05) is 0 Å². The van der Waals surface area contributed by atoms with E-state index in [0.717, 1.165) is 35.7 Å². The van der Waals surface area contributed by atoms with Crippen molar-refractivity contribution in [1.29, 1.82) is 5.26 Å². The molecule has 0 radical (unpaired) electrons. The lowest BCUT2D eigenvalue weighted by molar-refractivity contribution is 0.0635. The summed E-state index contributed by atoms with van der Waals surface area (Å²) < 4.78 is 0.766. The maximum Gasteiger partial charge on any atom is 0.0987 e. The number of rotatable bonds is 3. The van der Waals surface area contributed by atoms with E-state index in [-0.39, 0.29) is 0 Å². The third-order valence-electron chi connectivity index (χ3n) is 4.23. The Morgan fingerprint density at radius 1 is 1.63 bits per heavy atom. The van der Waals surface area contributed by atoms with Gasteiger partial charge in [0.05, 0.1) is 17.6 Å². The van der Waals surface area contributed by atoms with E-state index in [1.165, 1.54) is 0 Å². The number of benzene rings is 1. The Hall–Kier alpha value is -0.560. The Kier molecular flexibility index (Phi) is 4.55. The first kappa shape index (κ1) is 14.8. The fourth-order valence-electron chi connectivity index (χ4n) is 2.96. The Labute approximate surface area is 127 Å². The lowest BCUT2D eigenvalue weighted by Crippen LogP contribution is -2.25. The standard InChI is InChI=1S/C15H17BrClNO/c1-2-10-5-6-15(8-10,9-18)14(19)12-4-3-11(17)7-13(12)16/h3-4,7,10,14,19H,2,5-6,8H2,1H3. The Morgan fingerprint density at radius 2 is 2.37 bits per heavy atom. The molecule has 19 heavy (non-hydrogen) atoms. The molecule has 3 unspecified atom stereocenters. The molecule has 1 aliphatic rings. The summed E-state index contributed by atoms with van der Waals surface area (Å²) in [5.74, 6) is 0.542. The van der Waals surface area contributed by atoms with Crippen molar-refractivity contribution in [3.8, 4) is 6.07 Å². The van der Waals surface area contributed by atoms with Gasteiger partial charge in [-0.15, -0.1) is 0 Å². The first-order valence-corrected chi connectivity index (χ1v) is 7.74. The monoisotopic (exact) mass is 341 g/mol. The molecule has 0 spiro atoms. The highest BCUT2D eigenvalue weighted by Crippen LogP contribution is 2.51. The van der Waals surface area contributed by atoms with Gasteiger partial charge in [0.2, 0.25) is 0 Å². The summed E-state index contributed by atoms with van der Waals surface area (Å²) in [5, 5.41) is 20.8. The minimum Gasteiger partial charge on any atom is -0.387 e. The molecule has 0 amide bonds. The van der Waals surface area contributed by atoms with E-state index in [1.54, 1.807) is 18.2 Å². The fraction of sp³-hybridized carbons (Fsp3) is 0.533. The predicted molar refractivity (Wildman–Crippen MR) is 79.8 cm³/mol. The maximum atomic E-state index is 10.7. The van der Waals surface area contributed by atoms with Crippen LogP contribution in [0.2, 0.25) is 5.02 Å². The molecule has 2 nitrogen and oxygen atoms in total. The van der Waals surface area contributed by atoms with Gasteiger partial charge in [-0.3, -0.25) is 0 Å². The van der Waals surface area contributed by atoms with Crippen LogP contribution in [-0.4, -0.2) is 5.11 Å². The molecule has 1 fully saturated rings. The Bertz CT molecular complexity index is 513. The average molecular weight is 343 g/mol. The highest BCUT2D eigenvalue weighted by Gasteiger charge is 2.45. The average Bonchev–Trinajstić information content (AvgIpc) is 2.83. The third-order valence-corrected chi connectivity index (χ3v) is 5.15. The number of nitriles is 1. The van der Waals surface area contributed by atoms with Crippen molar-refractivity contribution in [2.45, 2.75) is 38.7 Å². The third kappa shape index (κ3) is 2.81. The van der Waals surface area contributed by atoms with E-state index >= 15 is 0 Å². The van der Waals surface area contributed by atoms with Gasteiger partial charge in [-0.25, -0.2) is 0 Å². The molecule has 1 saturated carbocycles. The summed E-state index contributed by atoms with van der Waals surface area (Å²) in [6, 6.07) is 7.69. The fourth-order valence-corrected chi connectivity index (χ4v) is 3.86. The molecule has 4 heteroatoms. The van der Waals surface area contributed by atoms with Gasteiger partial charge in [0.1, 0.15) is 0 Å². The summed E-state index contributed by atoms with van der Waals surface area (Å²) in [4.78, 5) is 0. The normalized spacial score (nSPS) is 28.1. The summed E-state index contributed by atoms with van der Waals surface area (Å²) in [5.41, 5.74) is 0.0968. The van der Waals surface area contributed by atoms with E-state index in [2.05, 4.69) is 28.9 Å². The number of aliphatic hydroxyl groups excluding tert-OH is 1. The number of nitrogens with zero attached hydrogens (tertiary/aromatic N) is 1. The van der Waals surface area contributed by atoms with Gasteiger partial charge in [-0.05, 0) is 42.9 Å². The first-order chi connectivity index (χ1) is 9.02. The van der Waals surface area contributed by atoms with Crippen molar-refractivity contribution in [3.63, 3.8) is 0 Å². The van der Waals surface area contributed by atoms with Crippen LogP contribution in [0.5, 0.6) is 0 Å². The minimum absolute atomic E-state index is 0.542. The quantitative estimate of drug-likeness (QED) is 0.852. The van der Waals surface area contributed by atoms with Crippen LogP contribution in [0.4, 0.5) is 0 Å². The van der Waals surface area contributed by atoms with Crippen LogP contribution in [0.25, 0.3) is 0 Å². The molecule has 3 atom stereocenters. The molecule has 102 valence electrons. The number of aliphatic hydroxyl groups is 1. The van der Waals surface area contributed by atoms with Gasteiger partial charge in [-0.2, -0.15) is 5.26 Å². The highest BCUT2D eigenvalue weighted by molar-refractivity contribution is 9.10. The zero-order chi connectivity index (χ0) is 14.0. The lowest BCUT2D eigenvalue weighted by Gasteiger charge is -2.28. The predicted octanol–water partition coefficient (Wildman–Crippen LogP) is 4.86. The van der Waals surface area contributed by atoms with Crippen molar-refractivity contribution in [2.24, 2.45) is 11.3 Å². The van der Waals surface area contributed by atoms with E-state index in [4.69, 9.17) is 11.6 Å². The zero-order valence-electron chi connectivity index (χ0n) is 10.9. The summed E-state index contributed by atoms with van der Waals surface area (Å²) >= 11 is 9.35. The second kappa shape index (κ2) is 5.83. The van der Waals surface area contributed by atoms with Gasteiger partial charge in [-0.1, -0.05) is 46.9 Å². The van der Waals surface area contributed by atoms with Crippen LogP contribution in [0.15, 0.2) is 22.7 Å². The molecule has 0 saturated heterocycles. The molecule has 1 aliphatic carbocycles. The van der Waals surface area contributed by atoms with Gasteiger partial charge < -0.3 is 5.11 Å². The lowest BCUT2D eigenvalue weighted by atomic mass is 9.78. The van der Waals surface area contributed by atoms with E-state index in [0.29, 0.717) is 10.9 Å². The Balaban J connectivity index is 2.32. The summed E-state index contributed by atoms with van der Waals surface area (Å²) in [6.07, 6.45) is 2.86. The summed E-state index contributed by atoms with van der Waals surface area (Å²) in [6.45, 7) is 2.14. The maximum absolute atomic E-state index is 10.7. The van der Waals surface area contributed by atoms with Gasteiger partial charge in [0, 0.05) is 9.50 Å². The van der Waals surface area contributed by atoms with Gasteiger partial charge in [0.25, 0.3) is 0 Å². The molecular weight excluding hydrogens is 326 g/mol. The van der Waals surface area contributed by atoms with Crippen LogP contribution in [0.1, 0.15) is 44.3 Å². The molecule has 1 aromatic rings. The SMILES string of the molecule is CCC1CCC(C#N)(C(O)c2ccc(Cl)cc2Br)C1. The second-order valence-electron chi connectivity index (χ2n) is 5.35. The van der Waals surface area contributed by atoms with Crippen molar-refractivity contribution < 1.29 is 5.11 Å². The van der Waals surface area contributed by atoms with Crippen molar-refractivity contribution >= 4 is 27.5 Å². The largest absolute Gasteiger partial charge is 0.387 e. The van der Waals surface area contributed by atoms with Crippen LogP contribution in [0.3, 0.4) is 0 Å². The highest BCUT2D eigenvalue weighted by atomic mass is 79.9. The van der Waals surface area contributed by atoms with Crippen LogP contribution in [-0.2, 0) is 0 Å². The van der Waals surface area contributed by atoms with Crippen LogP contribution < -0.4 is 0 Å². The van der Waals surface area contributed by atoms with Crippen molar-refractivity contribution in [1.82, 2.24) is 0 Å². The molecule has 2 rings (SSSR count). The van der Waals surface area contributed by atoms with Gasteiger partial charge in [0.15, 0.2) is 0 Å². The minimum atomic E-state index is -0.763. The molecule has 0 aromatic heterocycles. The number of halogens is 2. The van der Waals surface area contributed by atoms with Gasteiger partial charge >= 0.3 is 0 Å². The Morgan fingerprint density at radius 3 is 2.89 bits per heavy atom. The zero-order valence-corrected chi connectivity index (χ0v) is 13.2. The molecule has 0 heterocycles. The second-order valence-corrected chi connectivity index (χ2v) is 6.64. The van der Waals surface area contributed by atoms with Crippen molar-refractivity contribution in [3.05, 3.63) is 33.3 Å². The number of hydrogen-bond acceptors (Lipinski definition) is 2. The molecular formula is C15H17BrClNO. The van der Waals surface area contributed by atoms with E-state index < -0.39 is 11.5 Å². The number of hydrogen-bond donors (Lipinski definition) is 1. The van der Waals surface area contributed by atoms with Crippen LogP contribution >= 0.6 is 27.5 Å². The molecule has 0 aliphatic heterocycles. The first-order valence-electron chi connectivity index (χ1n) is 6.56. The molecule has 1 aromatic carbocycles.